The number of hydrogen-bond donors (Lipinski definition) is 1. The second kappa shape index (κ2) is 5.44. The van der Waals surface area contributed by atoms with Gasteiger partial charge < -0.3 is 9.88 Å². The molecule has 2 aromatic carbocycles. The van der Waals surface area contributed by atoms with E-state index >= 15 is 0 Å². The van der Waals surface area contributed by atoms with Gasteiger partial charge in [-0.2, -0.15) is 0 Å². The molecule has 0 aliphatic carbocycles. The number of aromatic nitrogens is 2. The molecule has 6 heteroatoms. The van der Waals surface area contributed by atoms with E-state index in [1.54, 1.807) is 0 Å². The highest BCUT2D eigenvalue weighted by molar-refractivity contribution is 9.10. The molecule has 0 spiro atoms. The fourth-order valence-electron chi connectivity index (χ4n) is 2.23. The van der Waals surface area contributed by atoms with Crippen LogP contribution in [0, 0.1) is 11.6 Å². The van der Waals surface area contributed by atoms with Crippen LogP contribution in [0.2, 0.25) is 0 Å². The molecule has 0 aliphatic rings. The Labute approximate surface area is 128 Å². The van der Waals surface area contributed by atoms with Gasteiger partial charge in [0.15, 0.2) is 0 Å². The quantitative estimate of drug-likeness (QED) is 0.765. The first-order valence-electron chi connectivity index (χ1n) is 6.35. The van der Waals surface area contributed by atoms with Crippen LogP contribution >= 0.6 is 15.9 Å². The zero-order chi connectivity index (χ0) is 15.0. The van der Waals surface area contributed by atoms with E-state index < -0.39 is 11.6 Å². The molecule has 0 bridgehead atoms. The number of hydrogen-bond acceptors (Lipinski definition) is 2. The molecule has 3 aromatic rings. The van der Waals surface area contributed by atoms with Crippen molar-refractivity contribution in [1.82, 2.24) is 9.55 Å². The molecular formula is C15H12BrF2N3. The van der Waals surface area contributed by atoms with Gasteiger partial charge in [0.1, 0.15) is 17.5 Å². The van der Waals surface area contributed by atoms with Gasteiger partial charge in [0.25, 0.3) is 0 Å². The smallest absolute Gasteiger partial charge is 0.150 e. The first-order chi connectivity index (χ1) is 10.1. The van der Waals surface area contributed by atoms with Gasteiger partial charge >= 0.3 is 0 Å². The molecule has 0 aliphatic heterocycles. The third-order valence-electron chi connectivity index (χ3n) is 3.31. The van der Waals surface area contributed by atoms with Crippen molar-refractivity contribution < 1.29 is 8.78 Å². The van der Waals surface area contributed by atoms with Gasteiger partial charge in [-0.05, 0) is 34.1 Å². The van der Waals surface area contributed by atoms with Crippen LogP contribution in [0.3, 0.4) is 0 Å². The van der Waals surface area contributed by atoms with Gasteiger partial charge in [-0.15, -0.1) is 0 Å². The van der Waals surface area contributed by atoms with E-state index in [0.717, 1.165) is 22.9 Å². The highest BCUT2D eigenvalue weighted by Crippen LogP contribution is 2.27. The van der Waals surface area contributed by atoms with Gasteiger partial charge in [-0.3, -0.25) is 0 Å². The minimum Gasteiger partial charge on any atom is -0.375 e. The maximum absolute atomic E-state index is 13.8. The standard InChI is InChI=1S/C15H12BrF2N3/c1-21-13-5-3-2-4-12(13)20-14(21)8-19-15-10(16)6-9(17)7-11(15)18/h2-7,19H,8H2,1H3. The molecule has 1 N–H and O–H groups in total. The van der Waals surface area contributed by atoms with Gasteiger partial charge in [0, 0.05) is 17.6 Å². The summed E-state index contributed by atoms with van der Waals surface area (Å²) in [6, 6.07) is 9.83. The fraction of sp³-hybridized carbons (Fsp3) is 0.133. The van der Waals surface area contributed by atoms with Crippen molar-refractivity contribution in [2.75, 3.05) is 5.32 Å². The lowest BCUT2D eigenvalue weighted by molar-refractivity contribution is 0.583. The minimum atomic E-state index is -0.638. The topological polar surface area (TPSA) is 29.9 Å². The van der Waals surface area contributed by atoms with Gasteiger partial charge in [0.05, 0.1) is 23.3 Å². The third-order valence-corrected chi connectivity index (χ3v) is 3.94. The summed E-state index contributed by atoms with van der Waals surface area (Å²) in [7, 11) is 1.91. The Kier molecular flexibility index (Phi) is 3.63. The lowest BCUT2D eigenvalue weighted by atomic mass is 10.3. The fourth-order valence-corrected chi connectivity index (χ4v) is 2.78. The van der Waals surface area contributed by atoms with E-state index in [9.17, 15) is 8.78 Å². The Balaban J connectivity index is 1.89. The number of para-hydroxylation sites is 2. The van der Waals surface area contributed by atoms with E-state index in [4.69, 9.17) is 0 Å². The average Bonchev–Trinajstić information content (AvgIpc) is 2.75. The van der Waals surface area contributed by atoms with Crippen LogP contribution in [0.4, 0.5) is 14.5 Å². The van der Waals surface area contributed by atoms with Crippen LogP contribution in [-0.2, 0) is 13.6 Å². The minimum absolute atomic E-state index is 0.225. The average molecular weight is 352 g/mol. The summed E-state index contributed by atoms with van der Waals surface area (Å²) in [5.74, 6) is -0.486. The molecule has 21 heavy (non-hydrogen) atoms. The molecule has 0 unspecified atom stereocenters. The number of anilines is 1. The number of aryl methyl sites for hydroxylation is 1. The molecule has 3 nitrogen and oxygen atoms in total. The molecule has 0 atom stereocenters. The van der Waals surface area contributed by atoms with Crippen LogP contribution in [-0.4, -0.2) is 9.55 Å². The van der Waals surface area contributed by atoms with Crippen LogP contribution in [0.5, 0.6) is 0 Å². The molecule has 0 radical (unpaired) electrons. The SMILES string of the molecule is Cn1c(CNc2c(F)cc(F)cc2Br)nc2ccccc21. The summed E-state index contributed by atoms with van der Waals surface area (Å²) in [6.45, 7) is 0.340. The molecule has 0 saturated heterocycles. The predicted molar refractivity (Wildman–Crippen MR) is 82.1 cm³/mol. The molecule has 108 valence electrons. The summed E-state index contributed by atoms with van der Waals surface area (Å²) >= 11 is 3.15. The lowest BCUT2D eigenvalue weighted by Gasteiger charge is -2.10. The monoisotopic (exact) mass is 351 g/mol. The largest absolute Gasteiger partial charge is 0.375 e. The summed E-state index contributed by atoms with van der Waals surface area (Å²) in [5.41, 5.74) is 2.12. The number of nitrogens with one attached hydrogen (secondary N) is 1. The molecular weight excluding hydrogens is 340 g/mol. The molecule has 1 aromatic heterocycles. The highest BCUT2D eigenvalue weighted by Gasteiger charge is 2.11. The number of rotatable bonds is 3. The van der Waals surface area contributed by atoms with E-state index in [0.29, 0.717) is 11.0 Å². The van der Waals surface area contributed by atoms with E-state index in [2.05, 4.69) is 26.2 Å². The van der Waals surface area contributed by atoms with Crippen LogP contribution in [0.15, 0.2) is 40.9 Å². The number of imidazole rings is 1. The van der Waals surface area contributed by atoms with E-state index in [1.807, 2.05) is 35.9 Å². The van der Waals surface area contributed by atoms with Crippen molar-refractivity contribution in [2.24, 2.45) is 7.05 Å². The normalized spacial score (nSPS) is 11.0. The van der Waals surface area contributed by atoms with Crippen molar-refractivity contribution in [2.45, 2.75) is 6.54 Å². The first-order valence-corrected chi connectivity index (χ1v) is 7.14. The van der Waals surface area contributed by atoms with Crippen molar-refractivity contribution in [3.8, 4) is 0 Å². The number of benzene rings is 2. The summed E-state index contributed by atoms with van der Waals surface area (Å²) in [6.07, 6.45) is 0. The van der Waals surface area contributed by atoms with Gasteiger partial charge in [-0.1, -0.05) is 12.1 Å². The summed E-state index contributed by atoms with van der Waals surface area (Å²) < 4.78 is 29.1. The van der Waals surface area contributed by atoms with Gasteiger partial charge in [0.2, 0.25) is 0 Å². The molecule has 0 saturated carbocycles. The predicted octanol–water partition coefficient (Wildman–Crippen LogP) is 4.23. The summed E-state index contributed by atoms with van der Waals surface area (Å²) in [4.78, 5) is 4.49. The second-order valence-electron chi connectivity index (χ2n) is 4.67. The maximum Gasteiger partial charge on any atom is 0.150 e. The Morgan fingerprint density at radius 3 is 2.71 bits per heavy atom. The van der Waals surface area contributed by atoms with Crippen molar-refractivity contribution >= 4 is 32.7 Å². The van der Waals surface area contributed by atoms with Crippen molar-refractivity contribution in [3.05, 3.63) is 58.3 Å². The van der Waals surface area contributed by atoms with Crippen LogP contribution < -0.4 is 5.32 Å². The first kappa shape index (κ1) is 14.0. The summed E-state index contributed by atoms with van der Waals surface area (Å²) in [5, 5.41) is 2.95. The Hall–Kier alpha value is -1.95. The van der Waals surface area contributed by atoms with Crippen molar-refractivity contribution in [1.29, 1.82) is 0 Å². The number of halogens is 3. The Bertz CT molecular complexity index is 791. The number of fused-ring (bicyclic) bond motifs is 1. The third kappa shape index (κ3) is 2.63. The molecule has 3 rings (SSSR count). The zero-order valence-electron chi connectivity index (χ0n) is 11.2. The van der Waals surface area contributed by atoms with Crippen LogP contribution in [0.1, 0.15) is 5.82 Å². The van der Waals surface area contributed by atoms with E-state index in [1.165, 1.54) is 6.07 Å². The van der Waals surface area contributed by atoms with Crippen LogP contribution in [0.25, 0.3) is 11.0 Å². The second-order valence-corrected chi connectivity index (χ2v) is 5.53. The van der Waals surface area contributed by atoms with Gasteiger partial charge in [-0.25, -0.2) is 13.8 Å². The Morgan fingerprint density at radius 1 is 1.24 bits per heavy atom. The maximum atomic E-state index is 13.8. The lowest BCUT2D eigenvalue weighted by Crippen LogP contribution is -2.07. The molecule has 0 fully saturated rings. The molecule has 0 amide bonds. The Morgan fingerprint density at radius 2 is 2.00 bits per heavy atom. The zero-order valence-corrected chi connectivity index (χ0v) is 12.8. The van der Waals surface area contributed by atoms with Crippen molar-refractivity contribution in [3.63, 3.8) is 0 Å². The highest BCUT2D eigenvalue weighted by atomic mass is 79.9. The van der Waals surface area contributed by atoms with E-state index in [-0.39, 0.29) is 5.69 Å². The molecule has 1 heterocycles. The number of nitrogens with zero attached hydrogens (tertiary/aromatic N) is 2.